The summed E-state index contributed by atoms with van der Waals surface area (Å²) in [5, 5.41) is 7.30. The Balaban J connectivity index is 2.69. The van der Waals surface area contributed by atoms with Crippen LogP contribution in [-0.2, 0) is 4.74 Å². The van der Waals surface area contributed by atoms with Crippen molar-refractivity contribution in [2.75, 3.05) is 20.3 Å². The zero-order chi connectivity index (χ0) is 11.3. The molecule has 0 aromatic heterocycles. The highest BCUT2D eigenvalue weighted by molar-refractivity contribution is 9.10. The molecule has 0 heterocycles. The van der Waals surface area contributed by atoms with Crippen LogP contribution in [0.3, 0.4) is 0 Å². The molecule has 0 fully saturated rings. The van der Waals surface area contributed by atoms with E-state index in [1.54, 1.807) is 25.3 Å². The van der Waals surface area contributed by atoms with Crippen molar-refractivity contribution in [1.29, 1.82) is 5.41 Å². The van der Waals surface area contributed by atoms with E-state index in [-0.39, 0.29) is 5.84 Å². The van der Waals surface area contributed by atoms with Crippen molar-refractivity contribution in [2.45, 2.75) is 0 Å². The Morgan fingerprint density at radius 2 is 2.20 bits per heavy atom. The van der Waals surface area contributed by atoms with E-state index in [0.29, 0.717) is 18.8 Å². The number of ether oxygens (including phenoxy) is 2. The van der Waals surface area contributed by atoms with E-state index in [0.717, 1.165) is 10.2 Å². The van der Waals surface area contributed by atoms with Crippen LogP contribution >= 0.6 is 15.9 Å². The first-order chi connectivity index (χ1) is 7.15. The SMILES string of the molecule is COCCOc1ccc(C(=N)N)c(Br)c1. The monoisotopic (exact) mass is 272 g/mol. The number of amidine groups is 1. The summed E-state index contributed by atoms with van der Waals surface area (Å²) in [6, 6.07) is 5.30. The minimum atomic E-state index is 0.0327. The number of hydrogen-bond donors (Lipinski definition) is 2. The predicted octanol–water partition coefficient (Wildman–Crippen LogP) is 1.76. The van der Waals surface area contributed by atoms with Crippen LogP contribution in [0.15, 0.2) is 22.7 Å². The lowest BCUT2D eigenvalue weighted by Gasteiger charge is -2.08. The minimum Gasteiger partial charge on any atom is -0.491 e. The third kappa shape index (κ3) is 3.53. The summed E-state index contributed by atoms with van der Waals surface area (Å²) < 4.78 is 11.0. The molecular formula is C10H13BrN2O2. The second-order valence-electron chi connectivity index (χ2n) is 2.90. The highest BCUT2D eigenvalue weighted by Gasteiger charge is 2.04. The second-order valence-corrected chi connectivity index (χ2v) is 3.75. The molecule has 0 atom stereocenters. The van der Waals surface area contributed by atoms with E-state index in [1.807, 2.05) is 0 Å². The molecule has 4 nitrogen and oxygen atoms in total. The van der Waals surface area contributed by atoms with Crippen LogP contribution in [0.25, 0.3) is 0 Å². The van der Waals surface area contributed by atoms with Crippen LogP contribution in [0.4, 0.5) is 0 Å². The summed E-state index contributed by atoms with van der Waals surface area (Å²) in [5.74, 6) is 0.759. The summed E-state index contributed by atoms with van der Waals surface area (Å²) in [7, 11) is 1.62. The molecular weight excluding hydrogens is 260 g/mol. The average Bonchev–Trinajstić information content (AvgIpc) is 2.17. The Bertz CT molecular complexity index is 355. The van der Waals surface area contributed by atoms with Gasteiger partial charge in [-0.05, 0) is 34.1 Å². The van der Waals surface area contributed by atoms with E-state index in [1.165, 1.54) is 0 Å². The molecule has 0 radical (unpaired) electrons. The van der Waals surface area contributed by atoms with Crippen molar-refractivity contribution in [3.8, 4) is 5.75 Å². The fourth-order valence-electron chi connectivity index (χ4n) is 1.05. The Labute approximate surface area is 97.0 Å². The first-order valence-corrected chi connectivity index (χ1v) is 5.20. The number of methoxy groups -OCH3 is 1. The molecule has 0 aliphatic heterocycles. The molecule has 0 aliphatic rings. The quantitative estimate of drug-likeness (QED) is 0.488. The molecule has 3 N–H and O–H groups in total. The number of hydrogen-bond acceptors (Lipinski definition) is 3. The molecule has 0 amide bonds. The zero-order valence-electron chi connectivity index (χ0n) is 8.42. The molecule has 0 bridgehead atoms. The average molecular weight is 273 g/mol. The summed E-state index contributed by atoms with van der Waals surface area (Å²) in [4.78, 5) is 0. The van der Waals surface area contributed by atoms with Crippen molar-refractivity contribution >= 4 is 21.8 Å². The van der Waals surface area contributed by atoms with Gasteiger partial charge in [0.05, 0.1) is 6.61 Å². The normalized spacial score (nSPS) is 10.0. The van der Waals surface area contributed by atoms with Crippen molar-refractivity contribution in [1.82, 2.24) is 0 Å². The lowest BCUT2D eigenvalue weighted by molar-refractivity contribution is 0.146. The topological polar surface area (TPSA) is 68.3 Å². The van der Waals surface area contributed by atoms with Crippen LogP contribution in [0.2, 0.25) is 0 Å². The van der Waals surface area contributed by atoms with E-state index >= 15 is 0 Å². The molecule has 0 unspecified atom stereocenters. The van der Waals surface area contributed by atoms with Gasteiger partial charge in [-0.15, -0.1) is 0 Å². The van der Waals surface area contributed by atoms with Gasteiger partial charge in [0.2, 0.25) is 0 Å². The van der Waals surface area contributed by atoms with Crippen LogP contribution in [0.5, 0.6) is 5.75 Å². The fourth-order valence-corrected chi connectivity index (χ4v) is 1.62. The number of halogens is 1. The zero-order valence-corrected chi connectivity index (χ0v) is 10.0. The molecule has 0 spiro atoms. The standard InChI is InChI=1S/C10H13BrN2O2/c1-14-4-5-15-7-2-3-8(10(12)13)9(11)6-7/h2-3,6H,4-5H2,1H3,(H3,12,13). The van der Waals surface area contributed by atoms with E-state index in [2.05, 4.69) is 15.9 Å². The first kappa shape index (κ1) is 12.0. The number of benzene rings is 1. The maximum atomic E-state index is 7.30. The van der Waals surface area contributed by atoms with Crippen LogP contribution in [-0.4, -0.2) is 26.2 Å². The van der Waals surface area contributed by atoms with Crippen molar-refractivity contribution < 1.29 is 9.47 Å². The maximum Gasteiger partial charge on any atom is 0.123 e. The molecule has 0 saturated heterocycles. The third-order valence-electron chi connectivity index (χ3n) is 1.79. The lowest BCUT2D eigenvalue weighted by Crippen LogP contribution is -2.12. The van der Waals surface area contributed by atoms with Gasteiger partial charge in [0.1, 0.15) is 18.2 Å². The van der Waals surface area contributed by atoms with E-state index < -0.39 is 0 Å². The van der Waals surface area contributed by atoms with Gasteiger partial charge in [-0.3, -0.25) is 5.41 Å². The lowest BCUT2D eigenvalue weighted by atomic mass is 10.2. The van der Waals surface area contributed by atoms with Crippen molar-refractivity contribution in [3.63, 3.8) is 0 Å². The molecule has 0 aliphatic carbocycles. The first-order valence-electron chi connectivity index (χ1n) is 4.41. The molecule has 1 aromatic rings. The van der Waals surface area contributed by atoms with Crippen molar-refractivity contribution in [2.24, 2.45) is 5.73 Å². The summed E-state index contributed by atoms with van der Waals surface area (Å²) >= 11 is 3.32. The Hall–Kier alpha value is -1.07. The smallest absolute Gasteiger partial charge is 0.123 e. The van der Waals surface area contributed by atoms with Gasteiger partial charge in [-0.1, -0.05) is 0 Å². The number of nitrogens with one attached hydrogen (secondary N) is 1. The Morgan fingerprint density at radius 3 is 2.73 bits per heavy atom. The van der Waals surface area contributed by atoms with Gasteiger partial charge in [0.15, 0.2) is 0 Å². The fraction of sp³-hybridized carbons (Fsp3) is 0.300. The highest BCUT2D eigenvalue weighted by atomic mass is 79.9. The van der Waals surface area contributed by atoms with Gasteiger partial charge in [0, 0.05) is 17.1 Å². The molecule has 15 heavy (non-hydrogen) atoms. The van der Waals surface area contributed by atoms with Gasteiger partial charge >= 0.3 is 0 Å². The van der Waals surface area contributed by atoms with Crippen LogP contribution < -0.4 is 10.5 Å². The number of nitrogen functional groups attached to an aromatic ring is 1. The number of nitrogens with two attached hydrogens (primary N) is 1. The molecule has 1 rings (SSSR count). The van der Waals surface area contributed by atoms with Gasteiger partial charge in [-0.25, -0.2) is 0 Å². The summed E-state index contributed by atoms with van der Waals surface area (Å²) in [5.41, 5.74) is 6.04. The molecule has 5 heteroatoms. The molecule has 0 saturated carbocycles. The van der Waals surface area contributed by atoms with E-state index in [9.17, 15) is 0 Å². The minimum absolute atomic E-state index is 0.0327. The van der Waals surface area contributed by atoms with Crippen molar-refractivity contribution in [3.05, 3.63) is 28.2 Å². The number of rotatable bonds is 5. The summed E-state index contributed by atoms with van der Waals surface area (Å²) in [6.45, 7) is 1.05. The summed E-state index contributed by atoms with van der Waals surface area (Å²) in [6.07, 6.45) is 0. The Kier molecular flexibility index (Phi) is 4.58. The highest BCUT2D eigenvalue weighted by Crippen LogP contribution is 2.22. The Morgan fingerprint density at radius 1 is 1.47 bits per heavy atom. The van der Waals surface area contributed by atoms with E-state index in [4.69, 9.17) is 20.6 Å². The van der Waals surface area contributed by atoms with Gasteiger partial charge < -0.3 is 15.2 Å². The third-order valence-corrected chi connectivity index (χ3v) is 2.44. The molecule has 82 valence electrons. The van der Waals surface area contributed by atoms with Crippen LogP contribution in [0, 0.1) is 5.41 Å². The second kappa shape index (κ2) is 5.72. The largest absolute Gasteiger partial charge is 0.491 e. The predicted molar refractivity (Wildman–Crippen MR) is 62.5 cm³/mol. The van der Waals surface area contributed by atoms with Gasteiger partial charge in [-0.2, -0.15) is 0 Å². The van der Waals surface area contributed by atoms with Gasteiger partial charge in [0.25, 0.3) is 0 Å². The molecule has 1 aromatic carbocycles. The van der Waals surface area contributed by atoms with Crippen LogP contribution in [0.1, 0.15) is 5.56 Å². The maximum absolute atomic E-state index is 7.30.